The van der Waals surface area contributed by atoms with Crippen molar-refractivity contribution in [3.63, 3.8) is 0 Å². The van der Waals surface area contributed by atoms with Crippen LogP contribution in [-0.2, 0) is 19.2 Å². The number of hydrogen-bond donors (Lipinski definition) is 6. The maximum Gasteiger partial charge on any atom is 0.326 e. The molecule has 0 aromatic carbocycles. The zero-order valence-electron chi connectivity index (χ0n) is 19.0. The van der Waals surface area contributed by atoms with E-state index in [0.717, 1.165) is 0 Å². The maximum absolute atomic E-state index is 12.9. The first-order chi connectivity index (χ1) is 14.5. The van der Waals surface area contributed by atoms with E-state index in [2.05, 4.69) is 16.0 Å². The average Bonchev–Trinajstić information content (AvgIpc) is 2.68. The average molecular weight is 462 g/mol. The number of rotatable bonds is 16. The third kappa shape index (κ3) is 12.6. The molecule has 0 rings (SSSR count). The van der Waals surface area contributed by atoms with Crippen molar-refractivity contribution in [3.8, 4) is 0 Å². The van der Waals surface area contributed by atoms with Crippen molar-refractivity contribution in [1.82, 2.24) is 16.0 Å². The molecule has 0 spiro atoms. The van der Waals surface area contributed by atoms with Crippen molar-refractivity contribution in [3.05, 3.63) is 0 Å². The minimum atomic E-state index is -1.12. The van der Waals surface area contributed by atoms with Crippen LogP contribution in [-0.4, -0.2) is 71.5 Å². The summed E-state index contributed by atoms with van der Waals surface area (Å²) in [6.45, 7) is 5.70. The van der Waals surface area contributed by atoms with Crippen LogP contribution in [0, 0.1) is 5.92 Å². The molecule has 11 heteroatoms. The Bertz CT molecular complexity index is 588. The normalized spacial score (nSPS) is 14.9. The summed E-state index contributed by atoms with van der Waals surface area (Å²) in [5, 5.41) is 17.2. The molecule has 0 aromatic heterocycles. The van der Waals surface area contributed by atoms with E-state index in [1.807, 2.05) is 20.1 Å². The molecule has 3 amide bonds. The minimum Gasteiger partial charge on any atom is -0.480 e. The SMILES string of the molecule is CSCCC(NC(=O)C(CCCCN)NC(=O)C(C)N)C(=O)NC(CC(C)C)C(=O)O. The second kappa shape index (κ2) is 15.9. The van der Waals surface area contributed by atoms with Crippen molar-refractivity contribution in [1.29, 1.82) is 0 Å². The molecule has 31 heavy (non-hydrogen) atoms. The monoisotopic (exact) mass is 461 g/mol. The third-order valence-corrected chi connectivity index (χ3v) is 5.20. The van der Waals surface area contributed by atoms with Crippen molar-refractivity contribution in [2.75, 3.05) is 18.6 Å². The van der Waals surface area contributed by atoms with Gasteiger partial charge in [0.05, 0.1) is 6.04 Å². The lowest BCUT2D eigenvalue weighted by molar-refractivity contribution is -0.142. The Morgan fingerprint density at radius 2 is 1.39 bits per heavy atom. The summed E-state index contributed by atoms with van der Waals surface area (Å²) >= 11 is 1.50. The van der Waals surface area contributed by atoms with Gasteiger partial charge in [-0.05, 0) is 63.5 Å². The highest BCUT2D eigenvalue weighted by molar-refractivity contribution is 7.98. The Balaban J connectivity index is 5.34. The molecule has 0 aliphatic carbocycles. The number of unbranched alkanes of at least 4 members (excludes halogenated alkanes) is 1. The highest BCUT2D eigenvalue weighted by Gasteiger charge is 2.29. The quantitative estimate of drug-likeness (QED) is 0.171. The molecule has 0 aliphatic heterocycles. The number of carboxylic acids is 1. The van der Waals surface area contributed by atoms with Crippen molar-refractivity contribution < 1.29 is 24.3 Å². The standard InChI is InChI=1S/C20H39N5O5S/c1-12(2)11-16(20(29)30)25-19(28)15(8-10-31-4)24-18(27)14(7-5-6-9-21)23-17(26)13(3)22/h12-16H,5-11,21-22H2,1-4H3,(H,23,26)(H,24,27)(H,25,28)(H,29,30). The number of amides is 3. The van der Waals surface area contributed by atoms with Gasteiger partial charge in [-0.2, -0.15) is 11.8 Å². The number of carboxylic acid groups (broad SMARTS) is 1. The number of nitrogens with two attached hydrogens (primary N) is 2. The fourth-order valence-electron chi connectivity index (χ4n) is 2.81. The molecule has 8 N–H and O–H groups in total. The lowest BCUT2D eigenvalue weighted by Gasteiger charge is -2.25. The second-order valence-electron chi connectivity index (χ2n) is 8.01. The first-order valence-electron chi connectivity index (χ1n) is 10.6. The topological polar surface area (TPSA) is 177 Å². The predicted molar refractivity (Wildman–Crippen MR) is 122 cm³/mol. The molecule has 4 atom stereocenters. The van der Waals surface area contributed by atoms with Gasteiger partial charge in [0.1, 0.15) is 18.1 Å². The molecule has 4 unspecified atom stereocenters. The van der Waals surface area contributed by atoms with E-state index >= 15 is 0 Å². The van der Waals surface area contributed by atoms with E-state index in [9.17, 15) is 24.3 Å². The van der Waals surface area contributed by atoms with Gasteiger partial charge in [0.15, 0.2) is 0 Å². The van der Waals surface area contributed by atoms with Gasteiger partial charge in [-0.1, -0.05) is 13.8 Å². The molecule has 0 aliphatic rings. The third-order valence-electron chi connectivity index (χ3n) is 4.56. The van der Waals surface area contributed by atoms with E-state index in [-0.39, 0.29) is 12.3 Å². The molecule has 180 valence electrons. The summed E-state index contributed by atoms with van der Waals surface area (Å²) in [7, 11) is 0. The first-order valence-corrected chi connectivity index (χ1v) is 12.0. The van der Waals surface area contributed by atoms with Gasteiger partial charge < -0.3 is 32.5 Å². The molecule has 0 saturated carbocycles. The van der Waals surface area contributed by atoms with E-state index in [4.69, 9.17) is 11.5 Å². The Morgan fingerprint density at radius 3 is 1.84 bits per heavy atom. The van der Waals surface area contributed by atoms with Crippen molar-refractivity contribution in [2.45, 2.75) is 77.0 Å². The van der Waals surface area contributed by atoms with Gasteiger partial charge >= 0.3 is 5.97 Å². The van der Waals surface area contributed by atoms with E-state index in [1.54, 1.807) is 0 Å². The van der Waals surface area contributed by atoms with Crippen LogP contribution in [0.3, 0.4) is 0 Å². The van der Waals surface area contributed by atoms with Crippen molar-refractivity contribution in [2.24, 2.45) is 17.4 Å². The number of hydrogen-bond acceptors (Lipinski definition) is 7. The molecule has 0 saturated heterocycles. The molecule has 0 fully saturated rings. The van der Waals surface area contributed by atoms with Gasteiger partial charge in [-0.3, -0.25) is 14.4 Å². The summed E-state index contributed by atoms with van der Waals surface area (Å²) in [6.07, 6.45) is 4.12. The lowest BCUT2D eigenvalue weighted by Crippen LogP contribution is -2.57. The minimum absolute atomic E-state index is 0.0704. The zero-order chi connectivity index (χ0) is 24.0. The van der Waals surface area contributed by atoms with Crippen LogP contribution < -0.4 is 27.4 Å². The predicted octanol–water partition coefficient (Wildman–Crippen LogP) is -0.199. The molecule has 0 aromatic rings. The van der Waals surface area contributed by atoms with Gasteiger partial charge in [-0.15, -0.1) is 0 Å². The smallest absolute Gasteiger partial charge is 0.326 e. The molecular formula is C20H39N5O5S. The molecule has 10 nitrogen and oxygen atoms in total. The summed E-state index contributed by atoms with van der Waals surface area (Å²) < 4.78 is 0. The number of aliphatic carboxylic acids is 1. The Morgan fingerprint density at radius 1 is 0.871 bits per heavy atom. The van der Waals surface area contributed by atoms with E-state index in [1.165, 1.54) is 18.7 Å². The van der Waals surface area contributed by atoms with Crippen LogP contribution in [0.5, 0.6) is 0 Å². The van der Waals surface area contributed by atoms with E-state index < -0.39 is 47.9 Å². The van der Waals surface area contributed by atoms with Crippen LogP contribution in [0.1, 0.15) is 52.9 Å². The maximum atomic E-state index is 12.9. The van der Waals surface area contributed by atoms with Crippen molar-refractivity contribution >= 4 is 35.5 Å². The zero-order valence-corrected chi connectivity index (χ0v) is 19.8. The Kier molecular flexibility index (Phi) is 14.9. The Labute approximate surface area is 189 Å². The second-order valence-corrected chi connectivity index (χ2v) is 8.99. The highest BCUT2D eigenvalue weighted by atomic mass is 32.2. The number of thioether (sulfide) groups is 1. The molecule has 0 radical (unpaired) electrons. The van der Waals surface area contributed by atoms with Crippen LogP contribution >= 0.6 is 11.8 Å². The van der Waals surface area contributed by atoms with Crippen LogP contribution in [0.2, 0.25) is 0 Å². The molecule has 0 bridgehead atoms. The van der Waals surface area contributed by atoms with E-state index in [0.29, 0.717) is 38.0 Å². The number of carbonyl (C=O) groups is 4. The van der Waals surface area contributed by atoms with Gasteiger partial charge in [0.25, 0.3) is 0 Å². The number of carbonyl (C=O) groups excluding carboxylic acids is 3. The van der Waals surface area contributed by atoms with Gasteiger partial charge in [-0.25, -0.2) is 4.79 Å². The van der Waals surface area contributed by atoms with Crippen LogP contribution in [0.15, 0.2) is 0 Å². The summed E-state index contributed by atoms with van der Waals surface area (Å²) in [5.41, 5.74) is 11.1. The van der Waals surface area contributed by atoms with Crippen LogP contribution in [0.4, 0.5) is 0 Å². The first kappa shape index (κ1) is 29.1. The summed E-state index contributed by atoms with van der Waals surface area (Å²) in [6, 6.07) is -3.61. The molecule has 0 heterocycles. The lowest BCUT2D eigenvalue weighted by atomic mass is 10.0. The molecular weight excluding hydrogens is 422 g/mol. The summed E-state index contributed by atoms with van der Waals surface area (Å²) in [4.78, 5) is 49.2. The Hall–Kier alpha value is -1.85. The van der Waals surface area contributed by atoms with Gasteiger partial charge in [0, 0.05) is 0 Å². The largest absolute Gasteiger partial charge is 0.480 e. The van der Waals surface area contributed by atoms with Gasteiger partial charge in [0.2, 0.25) is 17.7 Å². The fraction of sp³-hybridized carbons (Fsp3) is 0.800. The number of nitrogens with one attached hydrogen (secondary N) is 3. The fourth-order valence-corrected chi connectivity index (χ4v) is 3.28. The van der Waals surface area contributed by atoms with Crippen LogP contribution in [0.25, 0.3) is 0 Å². The highest BCUT2D eigenvalue weighted by Crippen LogP contribution is 2.08. The summed E-state index contributed by atoms with van der Waals surface area (Å²) in [5.74, 6) is -2.01.